The van der Waals surface area contributed by atoms with Gasteiger partial charge in [-0.15, -0.1) is 0 Å². The number of rotatable bonds is 5. The number of hydrogen-bond donors (Lipinski definition) is 2. The SMILES string of the molecule is CCNC(=O)c1ccc(N)cc1OC1CCCC(OC)C1. The van der Waals surface area contributed by atoms with Crippen molar-refractivity contribution in [2.45, 2.75) is 44.8 Å². The van der Waals surface area contributed by atoms with E-state index in [-0.39, 0.29) is 18.1 Å². The molecule has 1 aromatic carbocycles. The molecule has 0 bridgehead atoms. The summed E-state index contributed by atoms with van der Waals surface area (Å²) in [5, 5.41) is 2.79. The molecule has 0 saturated heterocycles. The normalized spacial score (nSPS) is 21.8. The molecule has 1 saturated carbocycles. The molecule has 0 heterocycles. The summed E-state index contributed by atoms with van der Waals surface area (Å²) in [7, 11) is 1.73. The van der Waals surface area contributed by atoms with Crippen molar-refractivity contribution in [1.29, 1.82) is 0 Å². The molecule has 1 fully saturated rings. The van der Waals surface area contributed by atoms with Crippen molar-refractivity contribution in [1.82, 2.24) is 5.32 Å². The molecule has 0 aliphatic heterocycles. The largest absolute Gasteiger partial charge is 0.489 e. The van der Waals surface area contributed by atoms with E-state index in [2.05, 4.69) is 5.32 Å². The van der Waals surface area contributed by atoms with Crippen LogP contribution in [0.15, 0.2) is 18.2 Å². The number of nitrogens with two attached hydrogens (primary N) is 1. The van der Waals surface area contributed by atoms with E-state index in [0.717, 1.165) is 25.7 Å². The molecule has 2 atom stereocenters. The summed E-state index contributed by atoms with van der Waals surface area (Å²) in [5.41, 5.74) is 6.95. The molecule has 5 nitrogen and oxygen atoms in total. The molecule has 0 spiro atoms. The lowest BCUT2D eigenvalue weighted by Crippen LogP contribution is -2.30. The summed E-state index contributed by atoms with van der Waals surface area (Å²) < 4.78 is 11.5. The Labute approximate surface area is 125 Å². The lowest BCUT2D eigenvalue weighted by molar-refractivity contribution is 0.0207. The van der Waals surface area contributed by atoms with Gasteiger partial charge in [-0.3, -0.25) is 4.79 Å². The number of hydrogen-bond acceptors (Lipinski definition) is 4. The minimum Gasteiger partial charge on any atom is -0.489 e. The fraction of sp³-hybridized carbons (Fsp3) is 0.562. The number of carbonyl (C=O) groups is 1. The first-order chi connectivity index (χ1) is 10.1. The van der Waals surface area contributed by atoms with Crippen LogP contribution >= 0.6 is 0 Å². The highest BCUT2D eigenvalue weighted by atomic mass is 16.5. The summed E-state index contributed by atoms with van der Waals surface area (Å²) in [6, 6.07) is 5.16. The van der Waals surface area contributed by atoms with Crippen molar-refractivity contribution in [3.8, 4) is 5.75 Å². The maximum absolute atomic E-state index is 12.1. The van der Waals surface area contributed by atoms with Gasteiger partial charge >= 0.3 is 0 Å². The lowest BCUT2D eigenvalue weighted by atomic mass is 9.95. The summed E-state index contributed by atoms with van der Waals surface area (Å²) in [6.45, 7) is 2.47. The Balaban J connectivity index is 2.14. The van der Waals surface area contributed by atoms with Crippen LogP contribution in [0.3, 0.4) is 0 Å². The van der Waals surface area contributed by atoms with E-state index in [1.807, 2.05) is 6.92 Å². The third-order valence-corrected chi connectivity index (χ3v) is 3.79. The zero-order chi connectivity index (χ0) is 15.2. The van der Waals surface area contributed by atoms with Crippen molar-refractivity contribution in [2.75, 3.05) is 19.4 Å². The molecule has 0 aromatic heterocycles. The molecule has 3 N–H and O–H groups in total. The number of ether oxygens (including phenoxy) is 2. The van der Waals surface area contributed by atoms with Crippen LogP contribution in [0.1, 0.15) is 43.0 Å². The highest BCUT2D eigenvalue weighted by Crippen LogP contribution is 2.28. The van der Waals surface area contributed by atoms with Gasteiger partial charge in [0.2, 0.25) is 0 Å². The van der Waals surface area contributed by atoms with E-state index in [1.54, 1.807) is 25.3 Å². The Hall–Kier alpha value is -1.75. The van der Waals surface area contributed by atoms with Crippen LogP contribution in [0.5, 0.6) is 5.75 Å². The molecule has 2 rings (SSSR count). The zero-order valence-electron chi connectivity index (χ0n) is 12.7. The van der Waals surface area contributed by atoms with Crippen molar-refractivity contribution in [3.05, 3.63) is 23.8 Å². The number of nitrogens with one attached hydrogen (secondary N) is 1. The monoisotopic (exact) mass is 292 g/mol. The summed E-state index contributed by atoms with van der Waals surface area (Å²) in [4.78, 5) is 12.1. The molecule has 1 amide bonds. The highest BCUT2D eigenvalue weighted by Gasteiger charge is 2.24. The molecular weight excluding hydrogens is 268 g/mol. The Morgan fingerprint density at radius 1 is 1.38 bits per heavy atom. The van der Waals surface area contributed by atoms with Gasteiger partial charge in [-0.1, -0.05) is 0 Å². The molecule has 1 aliphatic carbocycles. The molecule has 116 valence electrons. The van der Waals surface area contributed by atoms with Gasteiger partial charge in [0.05, 0.1) is 11.7 Å². The first kappa shape index (κ1) is 15.6. The van der Waals surface area contributed by atoms with Gasteiger partial charge in [0.25, 0.3) is 5.91 Å². The van der Waals surface area contributed by atoms with Crippen LogP contribution in [-0.2, 0) is 4.74 Å². The number of benzene rings is 1. The Kier molecular flexibility index (Phi) is 5.44. The second kappa shape index (κ2) is 7.31. The van der Waals surface area contributed by atoms with Gasteiger partial charge in [0.1, 0.15) is 11.9 Å². The smallest absolute Gasteiger partial charge is 0.255 e. The minimum absolute atomic E-state index is 0.0682. The van der Waals surface area contributed by atoms with Gasteiger partial charge in [-0.2, -0.15) is 0 Å². The maximum Gasteiger partial charge on any atom is 0.255 e. The number of amides is 1. The number of nitrogen functional groups attached to an aromatic ring is 1. The van der Waals surface area contributed by atoms with E-state index in [4.69, 9.17) is 15.2 Å². The first-order valence-corrected chi connectivity index (χ1v) is 7.51. The van der Waals surface area contributed by atoms with Crippen LogP contribution in [0.2, 0.25) is 0 Å². The van der Waals surface area contributed by atoms with Gasteiger partial charge in [-0.25, -0.2) is 0 Å². The van der Waals surface area contributed by atoms with E-state index >= 15 is 0 Å². The van der Waals surface area contributed by atoms with Crippen molar-refractivity contribution >= 4 is 11.6 Å². The quantitative estimate of drug-likeness (QED) is 0.817. The molecule has 21 heavy (non-hydrogen) atoms. The number of carbonyl (C=O) groups excluding carboxylic acids is 1. The third-order valence-electron chi connectivity index (χ3n) is 3.79. The average Bonchev–Trinajstić information content (AvgIpc) is 2.48. The number of anilines is 1. The number of methoxy groups -OCH3 is 1. The topological polar surface area (TPSA) is 73.6 Å². The fourth-order valence-corrected chi connectivity index (χ4v) is 2.68. The standard InChI is InChI=1S/C16H24N2O3/c1-3-18-16(19)14-8-7-11(17)9-15(14)21-13-6-4-5-12(10-13)20-2/h7-9,12-13H,3-6,10,17H2,1-2H3,(H,18,19). The second-order valence-electron chi connectivity index (χ2n) is 5.38. The van der Waals surface area contributed by atoms with Crippen LogP contribution in [-0.4, -0.2) is 31.8 Å². The van der Waals surface area contributed by atoms with Crippen LogP contribution in [0.25, 0.3) is 0 Å². The predicted molar refractivity (Wildman–Crippen MR) is 82.5 cm³/mol. The molecular formula is C16H24N2O3. The Bertz CT molecular complexity index is 490. The van der Waals surface area contributed by atoms with E-state index < -0.39 is 0 Å². The minimum atomic E-state index is -0.133. The highest BCUT2D eigenvalue weighted by molar-refractivity contribution is 5.97. The van der Waals surface area contributed by atoms with E-state index in [1.165, 1.54) is 0 Å². The summed E-state index contributed by atoms with van der Waals surface area (Å²) in [5.74, 6) is 0.425. The van der Waals surface area contributed by atoms with Crippen LogP contribution < -0.4 is 15.8 Å². The predicted octanol–water partition coefficient (Wildman–Crippen LogP) is 2.35. The van der Waals surface area contributed by atoms with Gasteiger partial charge in [-0.05, 0) is 38.3 Å². The third kappa shape index (κ3) is 4.11. The first-order valence-electron chi connectivity index (χ1n) is 7.51. The fourth-order valence-electron chi connectivity index (χ4n) is 2.68. The lowest BCUT2D eigenvalue weighted by Gasteiger charge is -2.29. The molecule has 1 aliphatic rings. The van der Waals surface area contributed by atoms with Gasteiger partial charge < -0.3 is 20.5 Å². The molecule has 2 unspecified atom stereocenters. The van der Waals surface area contributed by atoms with Crippen LogP contribution in [0.4, 0.5) is 5.69 Å². The van der Waals surface area contributed by atoms with Crippen molar-refractivity contribution in [2.24, 2.45) is 0 Å². The molecule has 1 aromatic rings. The summed E-state index contributed by atoms with van der Waals surface area (Å²) in [6.07, 6.45) is 4.26. The van der Waals surface area contributed by atoms with Crippen LogP contribution in [0, 0.1) is 0 Å². The Morgan fingerprint density at radius 3 is 2.86 bits per heavy atom. The second-order valence-corrected chi connectivity index (χ2v) is 5.38. The van der Waals surface area contributed by atoms with E-state index in [9.17, 15) is 4.79 Å². The molecule has 5 heteroatoms. The summed E-state index contributed by atoms with van der Waals surface area (Å²) >= 11 is 0. The van der Waals surface area contributed by atoms with Gasteiger partial charge in [0.15, 0.2) is 0 Å². The van der Waals surface area contributed by atoms with E-state index in [0.29, 0.717) is 23.5 Å². The van der Waals surface area contributed by atoms with Crippen molar-refractivity contribution < 1.29 is 14.3 Å². The van der Waals surface area contributed by atoms with Gasteiger partial charge in [0, 0.05) is 31.8 Å². The average molecular weight is 292 g/mol. The maximum atomic E-state index is 12.1. The zero-order valence-corrected chi connectivity index (χ0v) is 12.7. The molecule has 0 radical (unpaired) electrons. The Morgan fingerprint density at radius 2 is 2.14 bits per heavy atom. The van der Waals surface area contributed by atoms with Crippen molar-refractivity contribution in [3.63, 3.8) is 0 Å².